The first-order valence-corrected chi connectivity index (χ1v) is 10.3. The number of nitrogens with one attached hydrogen (secondary N) is 2. The minimum Gasteiger partial charge on any atom is -0.486 e. The van der Waals surface area contributed by atoms with E-state index in [9.17, 15) is 9.59 Å². The van der Waals surface area contributed by atoms with Crippen LogP contribution in [0, 0.1) is 6.92 Å². The highest BCUT2D eigenvalue weighted by Gasteiger charge is 2.13. The first kappa shape index (κ1) is 19.8. The SMILES string of the molecule is Cc1cccc(-n2c(=O)[nH]c3nc(NCCc4ccc5c(c4)OCCO5)ncc3c2=O)c1. The fraction of sp³-hybridized carbons (Fsp3) is 0.217. The Kier molecular flexibility index (Phi) is 5.06. The quantitative estimate of drug-likeness (QED) is 0.498. The second kappa shape index (κ2) is 8.18. The van der Waals surface area contributed by atoms with Crippen LogP contribution in [0.5, 0.6) is 11.5 Å². The van der Waals surface area contributed by atoms with Gasteiger partial charge in [-0.25, -0.2) is 14.3 Å². The molecule has 4 aromatic rings. The highest BCUT2D eigenvalue weighted by molar-refractivity contribution is 5.73. The molecule has 2 aromatic carbocycles. The Bertz CT molecular complexity index is 1430. The number of benzene rings is 2. The van der Waals surface area contributed by atoms with E-state index in [0.29, 0.717) is 37.8 Å². The lowest BCUT2D eigenvalue weighted by Crippen LogP contribution is -2.34. The van der Waals surface area contributed by atoms with Gasteiger partial charge in [0.1, 0.15) is 18.6 Å². The van der Waals surface area contributed by atoms with Crippen LogP contribution in [-0.4, -0.2) is 39.3 Å². The van der Waals surface area contributed by atoms with E-state index in [4.69, 9.17) is 9.47 Å². The number of aromatic nitrogens is 4. The number of aromatic amines is 1. The van der Waals surface area contributed by atoms with Gasteiger partial charge >= 0.3 is 5.69 Å². The van der Waals surface area contributed by atoms with Gasteiger partial charge in [0.05, 0.1) is 5.69 Å². The smallest absolute Gasteiger partial charge is 0.334 e. The summed E-state index contributed by atoms with van der Waals surface area (Å²) in [4.78, 5) is 36.8. The van der Waals surface area contributed by atoms with E-state index in [1.165, 1.54) is 6.20 Å². The average Bonchev–Trinajstić information content (AvgIpc) is 2.79. The maximum absolute atomic E-state index is 12.9. The van der Waals surface area contributed by atoms with Crippen molar-refractivity contribution < 1.29 is 9.47 Å². The molecular formula is C23H21N5O4. The molecular weight excluding hydrogens is 410 g/mol. The third-order valence-corrected chi connectivity index (χ3v) is 5.21. The van der Waals surface area contributed by atoms with Gasteiger partial charge in [0.25, 0.3) is 5.56 Å². The summed E-state index contributed by atoms with van der Waals surface area (Å²) in [7, 11) is 0. The van der Waals surface area contributed by atoms with Gasteiger partial charge in [-0.3, -0.25) is 9.78 Å². The van der Waals surface area contributed by atoms with Crippen LogP contribution in [0.1, 0.15) is 11.1 Å². The third-order valence-electron chi connectivity index (χ3n) is 5.21. The number of H-pyrrole nitrogens is 1. The van der Waals surface area contributed by atoms with E-state index in [0.717, 1.165) is 27.2 Å². The molecule has 0 bridgehead atoms. The van der Waals surface area contributed by atoms with Crippen LogP contribution in [0.3, 0.4) is 0 Å². The fourth-order valence-corrected chi connectivity index (χ4v) is 3.65. The van der Waals surface area contributed by atoms with E-state index in [1.54, 1.807) is 18.2 Å². The molecule has 1 aliphatic rings. The van der Waals surface area contributed by atoms with Crippen LogP contribution in [0.2, 0.25) is 0 Å². The monoisotopic (exact) mass is 431 g/mol. The van der Waals surface area contributed by atoms with Crippen molar-refractivity contribution in [3.05, 3.63) is 80.6 Å². The van der Waals surface area contributed by atoms with Crippen molar-refractivity contribution in [1.29, 1.82) is 0 Å². The number of aryl methyl sites for hydroxylation is 1. The van der Waals surface area contributed by atoms with E-state index >= 15 is 0 Å². The highest BCUT2D eigenvalue weighted by atomic mass is 16.6. The molecule has 9 nitrogen and oxygen atoms in total. The first-order valence-electron chi connectivity index (χ1n) is 10.3. The molecule has 0 radical (unpaired) electrons. The third kappa shape index (κ3) is 3.80. The van der Waals surface area contributed by atoms with Crippen molar-refractivity contribution in [3.63, 3.8) is 0 Å². The molecule has 32 heavy (non-hydrogen) atoms. The number of hydrogen-bond donors (Lipinski definition) is 2. The normalized spacial score (nSPS) is 12.7. The van der Waals surface area contributed by atoms with Crippen molar-refractivity contribution >= 4 is 17.0 Å². The Morgan fingerprint density at radius 2 is 1.94 bits per heavy atom. The molecule has 2 aromatic heterocycles. The van der Waals surface area contributed by atoms with Crippen molar-refractivity contribution in [2.45, 2.75) is 13.3 Å². The molecule has 162 valence electrons. The summed E-state index contributed by atoms with van der Waals surface area (Å²) in [6.07, 6.45) is 2.14. The molecule has 0 fully saturated rings. The van der Waals surface area contributed by atoms with E-state index in [1.807, 2.05) is 31.2 Å². The van der Waals surface area contributed by atoms with Gasteiger partial charge < -0.3 is 14.8 Å². The van der Waals surface area contributed by atoms with Gasteiger partial charge in [-0.2, -0.15) is 4.98 Å². The zero-order valence-corrected chi connectivity index (χ0v) is 17.4. The molecule has 0 amide bonds. The Morgan fingerprint density at radius 1 is 1.09 bits per heavy atom. The van der Waals surface area contributed by atoms with E-state index in [2.05, 4.69) is 20.3 Å². The zero-order chi connectivity index (χ0) is 22.1. The van der Waals surface area contributed by atoms with Crippen LogP contribution in [0.4, 0.5) is 5.95 Å². The average molecular weight is 431 g/mol. The zero-order valence-electron chi connectivity index (χ0n) is 17.4. The van der Waals surface area contributed by atoms with Gasteiger partial charge in [0.2, 0.25) is 5.95 Å². The largest absolute Gasteiger partial charge is 0.486 e. The van der Waals surface area contributed by atoms with Crippen LogP contribution in [0.25, 0.3) is 16.7 Å². The van der Waals surface area contributed by atoms with Gasteiger partial charge in [0.15, 0.2) is 17.1 Å². The summed E-state index contributed by atoms with van der Waals surface area (Å²) in [5.74, 6) is 1.84. The van der Waals surface area contributed by atoms with Crippen molar-refractivity contribution in [1.82, 2.24) is 19.5 Å². The lowest BCUT2D eigenvalue weighted by Gasteiger charge is -2.18. The number of hydrogen-bond acceptors (Lipinski definition) is 7. The Labute approximate surface area is 182 Å². The molecule has 0 saturated heterocycles. The minimum absolute atomic E-state index is 0.195. The van der Waals surface area contributed by atoms with Gasteiger partial charge in [-0.05, 0) is 48.7 Å². The molecule has 0 saturated carbocycles. The number of rotatable bonds is 5. The number of ether oxygens (including phenoxy) is 2. The lowest BCUT2D eigenvalue weighted by atomic mass is 10.1. The summed E-state index contributed by atoms with van der Waals surface area (Å²) in [6, 6.07) is 13.0. The molecule has 5 rings (SSSR count). The molecule has 2 N–H and O–H groups in total. The highest BCUT2D eigenvalue weighted by Crippen LogP contribution is 2.30. The van der Waals surface area contributed by atoms with Gasteiger partial charge in [-0.1, -0.05) is 18.2 Å². The van der Waals surface area contributed by atoms with Crippen LogP contribution >= 0.6 is 0 Å². The van der Waals surface area contributed by atoms with E-state index in [-0.39, 0.29) is 11.0 Å². The van der Waals surface area contributed by atoms with E-state index < -0.39 is 11.2 Å². The van der Waals surface area contributed by atoms with Crippen molar-refractivity contribution in [3.8, 4) is 17.2 Å². The molecule has 0 spiro atoms. The topological polar surface area (TPSA) is 111 Å². The lowest BCUT2D eigenvalue weighted by molar-refractivity contribution is 0.171. The molecule has 1 aliphatic heterocycles. The van der Waals surface area contributed by atoms with Crippen LogP contribution in [-0.2, 0) is 6.42 Å². The van der Waals surface area contributed by atoms with Crippen LogP contribution in [0.15, 0.2) is 58.3 Å². The number of fused-ring (bicyclic) bond motifs is 2. The summed E-state index contributed by atoms with van der Waals surface area (Å²) in [6.45, 7) is 3.57. The van der Waals surface area contributed by atoms with Gasteiger partial charge in [0, 0.05) is 12.7 Å². The predicted octanol–water partition coefficient (Wildman–Crippen LogP) is 2.20. The van der Waals surface area contributed by atoms with Crippen LogP contribution < -0.4 is 26.0 Å². The fourth-order valence-electron chi connectivity index (χ4n) is 3.65. The Balaban J connectivity index is 1.35. The summed E-state index contributed by atoms with van der Waals surface area (Å²) in [5.41, 5.74) is 1.71. The molecule has 3 heterocycles. The summed E-state index contributed by atoms with van der Waals surface area (Å²) >= 11 is 0. The summed E-state index contributed by atoms with van der Waals surface area (Å²) < 4.78 is 12.2. The Morgan fingerprint density at radius 3 is 2.78 bits per heavy atom. The molecule has 0 unspecified atom stereocenters. The predicted molar refractivity (Wildman–Crippen MR) is 120 cm³/mol. The molecule has 0 atom stereocenters. The second-order valence-corrected chi connectivity index (χ2v) is 7.52. The summed E-state index contributed by atoms with van der Waals surface area (Å²) in [5, 5.41) is 3.37. The standard InChI is InChI=1S/C23H21N5O4/c1-14-3-2-4-16(11-14)28-21(29)17-13-25-22(26-20(17)27-23(28)30)24-8-7-15-5-6-18-19(12-15)32-10-9-31-18/h2-6,11-13H,7-10H2,1H3,(H2,24,25,26,27,30). The maximum Gasteiger partial charge on any atom is 0.334 e. The number of anilines is 1. The Hall–Kier alpha value is -4.14. The second-order valence-electron chi connectivity index (χ2n) is 7.52. The van der Waals surface area contributed by atoms with Crippen molar-refractivity contribution in [2.75, 3.05) is 25.1 Å². The first-order chi connectivity index (χ1) is 15.6. The molecule has 0 aliphatic carbocycles. The maximum atomic E-state index is 12.9. The van der Waals surface area contributed by atoms with Crippen molar-refractivity contribution in [2.24, 2.45) is 0 Å². The molecule has 9 heteroatoms. The number of nitrogens with zero attached hydrogens (tertiary/aromatic N) is 3. The minimum atomic E-state index is -0.547. The van der Waals surface area contributed by atoms with Gasteiger partial charge in [-0.15, -0.1) is 0 Å².